The molecule has 2 N–H and O–H groups in total. The topological polar surface area (TPSA) is 86.8 Å². The van der Waals surface area contributed by atoms with Crippen molar-refractivity contribution in [1.82, 2.24) is 8.87 Å². The number of para-hydroxylation sites is 1. The summed E-state index contributed by atoms with van der Waals surface area (Å²) in [6.07, 6.45) is 7.27. The number of thiol groups is 1. The smallest absolute Gasteiger partial charge is 0.314 e. The fourth-order valence-corrected chi connectivity index (χ4v) is 6.42. The minimum atomic E-state index is -0.479. The van der Waals surface area contributed by atoms with E-state index in [9.17, 15) is 9.59 Å². The van der Waals surface area contributed by atoms with Gasteiger partial charge in [-0.1, -0.05) is 50.3 Å². The molecular weight excluding hydrogens is 510 g/mol. The highest BCUT2D eigenvalue weighted by molar-refractivity contribution is 7.77. The van der Waals surface area contributed by atoms with Crippen molar-refractivity contribution in [2.75, 3.05) is 28.3 Å². The minimum Gasteiger partial charge on any atom is -0.497 e. The van der Waals surface area contributed by atoms with Gasteiger partial charge < -0.3 is 19.8 Å². The van der Waals surface area contributed by atoms with Crippen LogP contribution in [0.5, 0.6) is 5.75 Å². The van der Waals surface area contributed by atoms with Gasteiger partial charge in [-0.05, 0) is 74.7 Å². The van der Waals surface area contributed by atoms with E-state index in [1.807, 2.05) is 14.1 Å². The van der Waals surface area contributed by atoms with Gasteiger partial charge in [0.25, 0.3) is 0 Å². The molecule has 2 aromatic carbocycles. The number of fused-ring (bicyclic) bond motifs is 7. The third kappa shape index (κ3) is 5.82. The Morgan fingerprint density at radius 3 is 2.33 bits per heavy atom. The number of nitrogens with zero attached hydrogens (tertiary/aromatic N) is 2. The Balaban J connectivity index is 0.000000392. The van der Waals surface area contributed by atoms with Crippen molar-refractivity contribution in [3.05, 3.63) is 53.6 Å². The van der Waals surface area contributed by atoms with Crippen LogP contribution in [0.1, 0.15) is 68.4 Å². The van der Waals surface area contributed by atoms with Gasteiger partial charge in [-0.3, -0.25) is 13.9 Å². The van der Waals surface area contributed by atoms with Crippen LogP contribution in [0.2, 0.25) is 0 Å². The Morgan fingerprint density at radius 1 is 1.08 bits per heavy atom. The first-order valence-electron chi connectivity index (χ1n) is 13.6. The van der Waals surface area contributed by atoms with Crippen LogP contribution in [0, 0.1) is 5.41 Å². The minimum absolute atomic E-state index is 0.0869. The number of hydrogen-bond donors (Lipinski definition) is 2. The molecule has 7 nitrogen and oxygen atoms in total. The van der Waals surface area contributed by atoms with Crippen molar-refractivity contribution in [2.45, 2.75) is 63.8 Å². The molecule has 0 spiro atoms. The van der Waals surface area contributed by atoms with Crippen LogP contribution in [0.25, 0.3) is 22.2 Å². The number of esters is 1. The van der Waals surface area contributed by atoms with Gasteiger partial charge in [-0.2, -0.15) is 0 Å². The molecule has 210 valence electrons. The maximum atomic E-state index is 13.0. The van der Waals surface area contributed by atoms with E-state index in [0.29, 0.717) is 12.5 Å². The Kier molecular flexibility index (Phi) is 8.96. The first-order chi connectivity index (χ1) is 18.6. The van der Waals surface area contributed by atoms with Gasteiger partial charge in [0.15, 0.2) is 0 Å². The average Bonchev–Trinajstić information content (AvgIpc) is 3.58. The molecule has 2 unspecified atom stereocenters. The molecule has 0 radical (unpaired) electrons. The van der Waals surface area contributed by atoms with Crippen molar-refractivity contribution in [3.8, 4) is 17.0 Å². The maximum Gasteiger partial charge on any atom is 0.314 e. The van der Waals surface area contributed by atoms with E-state index in [2.05, 4.69) is 65.6 Å². The number of primary amides is 1. The van der Waals surface area contributed by atoms with E-state index in [1.54, 1.807) is 11.4 Å². The fraction of sp³-hybridized carbons (Fsp3) is 0.484. The van der Waals surface area contributed by atoms with E-state index in [1.165, 1.54) is 79.4 Å². The number of carbonyl (C=O) groups is 2. The zero-order valence-electron chi connectivity index (χ0n) is 23.7. The quantitative estimate of drug-likeness (QED) is 0.312. The van der Waals surface area contributed by atoms with E-state index in [-0.39, 0.29) is 17.8 Å². The molecule has 3 aliphatic rings. The molecule has 1 aromatic heterocycles. The van der Waals surface area contributed by atoms with Crippen LogP contribution in [0.15, 0.2) is 42.5 Å². The monoisotopic (exact) mass is 551 g/mol. The van der Waals surface area contributed by atoms with Gasteiger partial charge in [0.05, 0.1) is 25.3 Å². The molecule has 1 aliphatic heterocycles. The number of ether oxygens (including phenoxy) is 2. The lowest BCUT2D eigenvalue weighted by Gasteiger charge is -2.24. The van der Waals surface area contributed by atoms with E-state index < -0.39 is 5.41 Å². The molecule has 39 heavy (non-hydrogen) atoms. The Labute approximate surface area is 237 Å². The van der Waals surface area contributed by atoms with E-state index in [4.69, 9.17) is 9.47 Å². The van der Waals surface area contributed by atoms with Crippen molar-refractivity contribution < 1.29 is 19.1 Å². The van der Waals surface area contributed by atoms with Crippen molar-refractivity contribution in [1.29, 1.82) is 0 Å². The molecular formula is C31H41N3O4S. The summed E-state index contributed by atoms with van der Waals surface area (Å²) in [5.41, 5.74) is 10.6. The molecule has 0 bridgehead atoms. The van der Waals surface area contributed by atoms with Crippen LogP contribution in [0.4, 0.5) is 0 Å². The van der Waals surface area contributed by atoms with Gasteiger partial charge in [0.2, 0.25) is 5.91 Å². The number of methoxy groups -OCH3 is 2. The van der Waals surface area contributed by atoms with Crippen molar-refractivity contribution in [2.24, 2.45) is 11.1 Å². The first kappa shape index (κ1) is 29.0. The molecule has 2 aliphatic carbocycles. The highest BCUT2D eigenvalue weighted by atomic mass is 32.1. The van der Waals surface area contributed by atoms with Gasteiger partial charge >= 0.3 is 5.97 Å². The Hall–Kier alpha value is -2.97. The third-order valence-electron chi connectivity index (χ3n) is 8.02. The summed E-state index contributed by atoms with van der Waals surface area (Å²) in [6, 6.07) is 15.2. The van der Waals surface area contributed by atoms with Crippen LogP contribution in [-0.2, 0) is 20.9 Å². The zero-order chi connectivity index (χ0) is 28.3. The van der Waals surface area contributed by atoms with Crippen LogP contribution < -0.4 is 10.5 Å². The summed E-state index contributed by atoms with van der Waals surface area (Å²) in [6.45, 7) is 1.99. The largest absolute Gasteiger partial charge is 0.497 e. The SMILES string of the molecule is CC(N)=O.CN(C)S.COC(=O)C12CC1c1cc(OC)ccc1-c1c(C3CCCCC3)c3ccccc3n1C2. The van der Waals surface area contributed by atoms with E-state index >= 15 is 0 Å². The number of carbonyl (C=O) groups excluding carboxylic acids is 2. The molecule has 2 heterocycles. The van der Waals surface area contributed by atoms with E-state index in [0.717, 1.165) is 12.2 Å². The fourth-order valence-electron chi connectivity index (χ4n) is 6.42. The molecule has 2 fully saturated rings. The molecule has 3 aromatic rings. The molecule has 2 saturated carbocycles. The number of nitrogens with two attached hydrogens (primary N) is 1. The Morgan fingerprint density at radius 2 is 1.72 bits per heavy atom. The Bertz CT molecular complexity index is 1340. The average molecular weight is 552 g/mol. The summed E-state index contributed by atoms with van der Waals surface area (Å²) < 4.78 is 15.0. The summed E-state index contributed by atoms with van der Waals surface area (Å²) >= 11 is 3.80. The summed E-state index contributed by atoms with van der Waals surface area (Å²) in [4.78, 5) is 22.3. The molecule has 6 rings (SSSR count). The molecule has 2 atom stereocenters. The highest BCUT2D eigenvalue weighted by Gasteiger charge is 2.63. The summed E-state index contributed by atoms with van der Waals surface area (Å²) in [5, 5.41) is 1.35. The van der Waals surface area contributed by atoms with Gasteiger partial charge in [-0.15, -0.1) is 0 Å². The zero-order valence-corrected chi connectivity index (χ0v) is 24.6. The second kappa shape index (κ2) is 12.0. The van der Waals surface area contributed by atoms with Crippen LogP contribution in [-0.4, -0.2) is 49.1 Å². The summed E-state index contributed by atoms with van der Waals surface area (Å²) in [7, 11) is 6.96. The lowest BCUT2D eigenvalue weighted by atomic mass is 9.81. The van der Waals surface area contributed by atoms with Crippen LogP contribution >= 0.6 is 12.8 Å². The lowest BCUT2D eigenvalue weighted by molar-refractivity contribution is -0.147. The number of hydrogen-bond acceptors (Lipinski definition) is 6. The normalized spacial score (nSPS) is 21.2. The second-order valence-electron chi connectivity index (χ2n) is 11.0. The first-order valence-corrected chi connectivity index (χ1v) is 14.0. The van der Waals surface area contributed by atoms with Gasteiger partial charge in [0, 0.05) is 35.9 Å². The predicted molar refractivity (Wildman–Crippen MR) is 159 cm³/mol. The second-order valence-corrected chi connectivity index (χ2v) is 11.8. The highest BCUT2D eigenvalue weighted by Crippen LogP contribution is 2.65. The predicted octanol–water partition coefficient (Wildman–Crippen LogP) is 5.91. The third-order valence-corrected chi connectivity index (χ3v) is 8.02. The summed E-state index contributed by atoms with van der Waals surface area (Å²) in [5.74, 6) is 1.19. The van der Waals surface area contributed by atoms with Gasteiger partial charge in [0.1, 0.15) is 5.75 Å². The number of aromatic nitrogens is 1. The van der Waals surface area contributed by atoms with Crippen LogP contribution in [0.3, 0.4) is 0 Å². The number of benzene rings is 2. The standard InChI is InChI=1S/C27H29NO3.C2H5NO.C2H7NS/c1-30-18-12-13-19-21(14-18)22-15-27(22,26(29)31-2)16-28-23-11-7-6-10-20(23)24(25(19)28)17-8-4-3-5-9-17;1-2(3)4;1-3(2)4/h6-7,10-14,17,22H,3-5,8-9,15-16H2,1-2H3;1H3,(H2,3,4);4H,1-2H3. The number of rotatable bonds is 3. The number of amides is 1. The molecule has 0 saturated heterocycles. The van der Waals surface area contributed by atoms with Crippen molar-refractivity contribution >= 4 is 35.6 Å². The molecule has 1 amide bonds. The van der Waals surface area contributed by atoms with Crippen molar-refractivity contribution in [3.63, 3.8) is 0 Å². The van der Waals surface area contributed by atoms with Gasteiger partial charge in [-0.25, -0.2) is 0 Å². The maximum absolute atomic E-state index is 13.0. The molecule has 8 heteroatoms. The lowest BCUT2D eigenvalue weighted by Crippen LogP contribution is -2.24.